The number of amides is 2. The van der Waals surface area contributed by atoms with Crippen LogP contribution in [0.1, 0.15) is 32.0 Å². The standard InChI is InChI=1S/C26H27N9O/c1-16-6-5-7-19(12-16)35-21(13-20(33-35)26(2,3)4)32-25(36)31-17-8-10-18(11-9-17)34-15-30-22-23(27)28-14-29-24(22)34/h5-15H,1-4H3,(H2,27,28,29)(H2,31,32,36). The zero-order valence-corrected chi connectivity index (χ0v) is 20.5. The van der Waals surface area contributed by atoms with Gasteiger partial charge in [-0.15, -0.1) is 0 Å². The summed E-state index contributed by atoms with van der Waals surface area (Å²) in [5.74, 6) is 0.912. The van der Waals surface area contributed by atoms with E-state index in [4.69, 9.17) is 10.8 Å². The Bertz CT molecular complexity index is 1560. The Kier molecular flexibility index (Phi) is 5.63. The number of urea groups is 1. The molecule has 182 valence electrons. The topological polar surface area (TPSA) is 129 Å². The van der Waals surface area contributed by atoms with E-state index >= 15 is 0 Å². The van der Waals surface area contributed by atoms with Crippen LogP contribution in [0.3, 0.4) is 0 Å². The summed E-state index contributed by atoms with van der Waals surface area (Å²) in [6.45, 7) is 8.29. The van der Waals surface area contributed by atoms with E-state index in [0.717, 1.165) is 22.6 Å². The molecule has 2 amide bonds. The smallest absolute Gasteiger partial charge is 0.324 e. The van der Waals surface area contributed by atoms with Crippen molar-refractivity contribution in [2.45, 2.75) is 33.1 Å². The molecular weight excluding hydrogens is 454 g/mol. The maximum atomic E-state index is 12.9. The van der Waals surface area contributed by atoms with Crippen molar-refractivity contribution in [1.29, 1.82) is 0 Å². The van der Waals surface area contributed by atoms with Gasteiger partial charge in [0.05, 0.1) is 11.4 Å². The minimum atomic E-state index is -0.370. The first kappa shape index (κ1) is 23.0. The van der Waals surface area contributed by atoms with Crippen LogP contribution >= 0.6 is 0 Å². The van der Waals surface area contributed by atoms with Gasteiger partial charge in [0.25, 0.3) is 0 Å². The van der Waals surface area contributed by atoms with E-state index < -0.39 is 0 Å². The molecule has 0 spiro atoms. The Hall–Kier alpha value is -4.73. The van der Waals surface area contributed by atoms with Gasteiger partial charge in [0.2, 0.25) is 0 Å². The molecule has 5 aromatic rings. The number of anilines is 3. The lowest BCUT2D eigenvalue weighted by atomic mass is 9.92. The quantitative estimate of drug-likeness (QED) is 0.337. The number of carbonyl (C=O) groups is 1. The van der Waals surface area contributed by atoms with Crippen LogP contribution in [0.2, 0.25) is 0 Å². The second-order valence-corrected chi connectivity index (χ2v) is 9.59. The Labute approximate surface area is 208 Å². The molecule has 0 saturated carbocycles. The van der Waals surface area contributed by atoms with E-state index in [-0.39, 0.29) is 11.4 Å². The molecule has 10 heteroatoms. The summed E-state index contributed by atoms with van der Waals surface area (Å²) < 4.78 is 3.57. The lowest BCUT2D eigenvalue weighted by Crippen LogP contribution is -2.21. The van der Waals surface area contributed by atoms with Crippen LogP contribution < -0.4 is 16.4 Å². The van der Waals surface area contributed by atoms with E-state index in [9.17, 15) is 4.79 Å². The lowest BCUT2D eigenvalue weighted by molar-refractivity contribution is 0.262. The number of hydrogen-bond acceptors (Lipinski definition) is 6. The van der Waals surface area contributed by atoms with Gasteiger partial charge >= 0.3 is 6.03 Å². The fourth-order valence-corrected chi connectivity index (χ4v) is 3.82. The molecule has 0 aliphatic carbocycles. The van der Waals surface area contributed by atoms with E-state index in [1.165, 1.54) is 6.33 Å². The van der Waals surface area contributed by atoms with Crippen molar-refractivity contribution in [2.24, 2.45) is 0 Å². The molecule has 3 aromatic heterocycles. The minimum Gasteiger partial charge on any atom is -0.382 e. The third-order valence-corrected chi connectivity index (χ3v) is 5.73. The normalized spacial score (nSPS) is 11.6. The van der Waals surface area contributed by atoms with Crippen LogP contribution in [-0.4, -0.2) is 35.3 Å². The highest BCUT2D eigenvalue weighted by atomic mass is 16.2. The highest BCUT2D eigenvalue weighted by Crippen LogP contribution is 2.27. The zero-order valence-electron chi connectivity index (χ0n) is 20.5. The summed E-state index contributed by atoms with van der Waals surface area (Å²) in [7, 11) is 0. The van der Waals surface area contributed by atoms with Crippen LogP contribution in [0.15, 0.2) is 67.3 Å². The number of benzene rings is 2. The number of nitrogen functional groups attached to an aromatic ring is 1. The highest BCUT2D eigenvalue weighted by molar-refractivity contribution is 5.99. The molecule has 0 radical (unpaired) electrons. The predicted octanol–water partition coefficient (Wildman–Crippen LogP) is 4.83. The van der Waals surface area contributed by atoms with Gasteiger partial charge in [0, 0.05) is 22.9 Å². The van der Waals surface area contributed by atoms with Crippen molar-refractivity contribution in [1.82, 2.24) is 29.3 Å². The van der Waals surface area contributed by atoms with Crippen LogP contribution in [0, 0.1) is 6.92 Å². The first-order valence-corrected chi connectivity index (χ1v) is 11.5. The number of imidazole rings is 1. The fourth-order valence-electron chi connectivity index (χ4n) is 3.82. The van der Waals surface area contributed by atoms with E-state index in [1.54, 1.807) is 11.0 Å². The van der Waals surface area contributed by atoms with Crippen molar-refractivity contribution in [2.75, 3.05) is 16.4 Å². The number of aryl methyl sites for hydroxylation is 1. The van der Waals surface area contributed by atoms with Gasteiger partial charge in [0.15, 0.2) is 17.0 Å². The van der Waals surface area contributed by atoms with E-state index in [0.29, 0.717) is 28.5 Å². The third-order valence-electron chi connectivity index (χ3n) is 5.73. The van der Waals surface area contributed by atoms with Crippen molar-refractivity contribution in [3.05, 3.63) is 78.5 Å². The summed E-state index contributed by atoms with van der Waals surface area (Å²) in [6, 6.07) is 16.9. The number of nitrogens with one attached hydrogen (secondary N) is 2. The van der Waals surface area contributed by atoms with Gasteiger partial charge in [-0.05, 0) is 48.9 Å². The SMILES string of the molecule is Cc1cccc(-n2nc(C(C)(C)C)cc2NC(=O)Nc2ccc(-n3cnc4c(N)ncnc43)cc2)c1. The first-order valence-electron chi connectivity index (χ1n) is 11.5. The van der Waals surface area contributed by atoms with E-state index in [1.807, 2.05) is 66.1 Å². The number of carbonyl (C=O) groups excluding carboxylic acids is 1. The van der Waals surface area contributed by atoms with Crippen LogP contribution in [0.25, 0.3) is 22.5 Å². The van der Waals surface area contributed by atoms with Crippen molar-refractivity contribution >= 4 is 34.5 Å². The second kappa shape index (κ2) is 8.81. The van der Waals surface area contributed by atoms with Crippen LogP contribution in [0.4, 0.5) is 22.1 Å². The maximum absolute atomic E-state index is 12.9. The minimum absolute atomic E-state index is 0.176. The monoisotopic (exact) mass is 481 g/mol. The molecule has 4 N–H and O–H groups in total. The largest absolute Gasteiger partial charge is 0.382 e. The lowest BCUT2D eigenvalue weighted by Gasteiger charge is -2.14. The molecule has 36 heavy (non-hydrogen) atoms. The van der Waals surface area contributed by atoms with Crippen LogP contribution in [0.5, 0.6) is 0 Å². The zero-order chi connectivity index (χ0) is 25.4. The van der Waals surface area contributed by atoms with Crippen molar-refractivity contribution in [3.63, 3.8) is 0 Å². The van der Waals surface area contributed by atoms with Gasteiger partial charge in [-0.3, -0.25) is 9.88 Å². The van der Waals surface area contributed by atoms with Gasteiger partial charge in [-0.2, -0.15) is 5.10 Å². The van der Waals surface area contributed by atoms with Crippen molar-refractivity contribution < 1.29 is 4.79 Å². The Morgan fingerprint density at radius 3 is 2.44 bits per heavy atom. The molecule has 5 rings (SSSR count). The number of nitrogens with zero attached hydrogens (tertiary/aromatic N) is 6. The first-order chi connectivity index (χ1) is 17.2. The van der Waals surface area contributed by atoms with Crippen molar-refractivity contribution in [3.8, 4) is 11.4 Å². The Morgan fingerprint density at radius 2 is 1.72 bits per heavy atom. The average Bonchev–Trinajstić information content (AvgIpc) is 3.45. The fraction of sp³-hybridized carbons (Fsp3) is 0.192. The van der Waals surface area contributed by atoms with Gasteiger partial charge in [0.1, 0.15) is 18.5 Å². The number of rotatable bonds is 4. The molecule has 0 saturated heterocycles. The molecule has 10 nitrogen and oxygen atoms in total. The highest BCUT2D eigenvalue weighted by Gasteiger charge is 2.21. The van der Waals surface area contributed by atoms with Gasteiger partial charge in [-0.1, -0.05) is 32.9 Å². The molecule has 0 bridgehead atoms. The molecule has 0 atom stereocenters. The maximum Gasteiger partial charge on any atom is 0.324 e. The predicted molar refractivity (Wildman–Crippen MR) is 141 cm³/mol. The third kappa shape index (κ3) is 4.48. The molecule has 0 aliphatic rings. The average molecular weight is 482 g/mol. The second-order valence-electron chi connectivity index (χ2n) is 9.59. The number of nitrogens with two attached hydrogens (primary N) is 1. The molecular formula is C26H27N9O. The Balaban J connectivity index is 1.36. The molecule has 0 aliphatic heterocycles. The van der Waals surface area contributed by atoms with Crippen LogP contribution in [-0.2, 0) is 5.41 Å². The van der Waals surface area contributed by atoms with Gasteiger partial charge < -0.3 is 11.1 Å². The molecule has 3 heterocycles. The molecule has 0 unspecified atom stereocenters. The number of fused-ring (bicyclic) bond motifs is 1. The molecule has 0 fully saturated rings. The summed E-state index contributed by atoms with van der Waals surface area (Å²) in [6.07, 6.45) is 3.05. The number of aromatic nitrogens is 6. The van der Waals surface area contributed by atoms with E-state index in [2.05, 4.69) is 46.4 Å². The summed E-state index contributed by atoms with van der Waals surface area (Å²) in [5.41, 5.74) is 11.2. The number of hydrogen-bond donors (Lipinski definition) is 3. The summed E-state index contributed by atoms with van der Waals surface area (Å²) in [5, 5.41) is 10.6. The Morgan fingerprint density at radius 1 is 0.944 bits per heavy atom. The summed E-state index contributed by atoms with van der Waals surface area (Å²) >= 11 is 0. The summed E-state index contributed by atoms with van der Waals surface area (Å²) in [4.78, 5) is 25.4. The molecule has 2 aromatic carbocycles. The van der Waals surface area contributed by atoms with Gasteiger partial charge in [-0.25, -0.2) is 24.4 Å².